The molecule has 0 aliphatic heterocycles. The van der Waals surface area contributed by atoms with E-state index < -0.39 is 5.97 Å². The Balaban J connectivity index is 1.47. The largest absolute Gasteiger partial charge is 0.487 e. The van der Waals surface area contributed by atoms with Gasteiger partial charge in [-0.2, -0.15) is 4.98 Å². The lowest BCUT2D eigenvalue weighted by Crippen LogP contribution is -2.01. The predicted octanol–water partition coefficient (Wildman–Crippen LogP) is 3.11. The summed E-state index contributed by atoms with van der Waals surface area (Å²) in [5, 5.41) is 3.62. The van der Waals surface area contributed by atoms with Crippen molar-refractivity contribution in [1.82, 2.24) is 15.1 Å². The Hall–Kier alpha value is -3.48. The number of nitrogens with zero attached hydrogens (tertiary/aromatic N) is 3. The highest BCUT2D eigenvalue weighted by Gasteiger charge is 2.05. The molecule has 0 radical (unpaired) electrons. The molecule has 0 aliphatic carbocycles. The molecule has 1 aromatic carbocycles. The molecular formula is C19H17N3O4. The molecule has 0 N–H and O–H groups in total. The molecule has 3 rings (SSSR count). The Morgan fingerprint density at radius 2 is 2.00 bits per heavy atom. The number of benzene rings is 1. The van der Waals surface area contributed by atoms with Crippen LogP contribution < -0.4 is 4.74 Å². The van der Waals surface area contributed by atoms with Crippen LogP contribution in [0.15, 0.2) is 59.3 Å². The van der Waals surface area contributed by atoms with E-state index in [1.165, 1.54) is 6.08 Å². The zero-order valence-corrected chi connectivity index (χ0v) is 14.2. The molecule has 0 unspecified atom stereocenters. The summed E-state index contributed by atoms with van der Waals surface area (Å²) in [7, 11) is 0. The van der Waals surface area contributed by atoms with Crippen molar-refractivity contribution >= 4 is 12.0 Å². The Bertz CT molecular complexity index is 873. The van der Waals surface area contributed by atoms with Crippen molar-refractivity contribution in [3.05, 3.63) is 77.7 Å². The summed E-state index contributed by atoms with van der Waals surface area (Å²) >= 11 is 0. The molecule has 2 heterocycles. The third-order valence-electron chi connectivity index (χ3n) is 3.31. The van der Waals surface area contributed by atoms with E-state index in [-0.39, 0.29) is 12.5 Å². The molecule has 7 nitrogen and oxygen atoms in total. The van der Waals surface area contributed by atoms with Crippen LogP contribution >= 0.6 is 0 Å². The van der Waals surface area contributed by atoms with Crippen LogP contribution in [-0.4, -0.2) is 21.1 Å². The fourth-order valence-corrected chi connectivity index (χ4v) is 2.06. The molecule has 7 heteroatoms. The average Bonchev–Trinajstić information content (AvgIpc) is 3.10. The van der Waals surface area contributed by atoms with E-state index in [1.54, 1.807) is 19.2 Å². The van der Waals surface area contributed by atoms with Crippen molar-refractivity contribution in [2.75, 3.05) is 0 Å². The van der Waals surface area contributed by atoms with Crippen LogP contribution in [0.3, 0.4) is 0 Å². The molecule has 2 aromatic heterocycles. The van der Waals surface area contributed by atoms with Gasteiger partial charge in [0.05, 0.1) is 5.69 Å². The number of hydrogen-bond donors (Lipinski definition) is 0. The molecule has 0 saturated heterocycles. The highest BCUT2D eigenvalue weighted by molar-refractivity contribution is 5.87. The molecule has 0 bridgehead atoms. The number of pyridine rings is 1. The fourth-order valence-electron chi connectivity index (χ4n) is 2.06. The quantitative estimate of drug-likeness (QED) is 0.477. The van der Waals surface area contributed by atoms with Crippen LogP contribution in [0.4, 0.5) is 0 Å². The lowest BCUT2D eigenvalue weighted by atomic mass is 10.2. The maximum absolute atomic E-state index is 11.7. The number of hydrogen-bond acceptors (Lipinski definition) is 7. The first-order chi connectivity index (χ1) is 12.7. The van der Waals surface area contributed by atoms with E-state index in [0.717, 1.165) is 17.0 Å². The van der Waals surface area contributed by atoms with E-state index in [0.29, 0.717) is 12.4 Å². The standard InChI is InChI=1S/C19H17N3O4/c1-14-21-18(26-22-14)13-25-19(23)10-7-15-5-8-17(9-6-15)24-12-16-4-2-3-11-20-16/h2-11H,12-13H2,1H3. The second-order valence-corrected chi connectivity index (χ2v) is 5.36. The summed E-state index contributed by atoms with van der Waals surface area (Å²) in [5.74, 6) is 0.995. The first-order valence-electron chi connectivity index (χ1n) is 7.96. The SMILES string of the molecule is Cc1noc(COC(=O)C=Cc2ccc(OCc3ccccn3)cc2)n1. The van der Waals surface area contributed by atoms with Crippen molar-refractivity contribution in [3.63, 3.8) is 0 Å². The number of aromatic nitrogens is 3. The topological polar surface area (TPSA) is 87.3 Å². The van der Waals surface area contributed by atoms with E-state index in [2.05, 4.69) is 15.1 Å². The summed E-state index contributed by atoms with van der Waals surface area (Å²) in [4.78, 5) is 19.8. The first-order valence-corrected chi connectivity index (χ1v) is 7.96. The summed E-state index contributed by atoms with van der Waals surface area (Å²) < 4.78 is 15.5. The van der Waals surface area contributed by atoms with Gasteiger partial charge in [0, 0.05) is 12.3 Å². The normalized spacial score (nSPS) is 10.8. The molecule has 0 fully saturated rings. The first kappa shape index (κ1) is 17.3. The molecular weight excluding hydrogens is 334 g/mol. The Labute approximate surface area is 150 Å². The number of ether oxygens (including phenoxy) is 2. The zero-order valence-electron chi connectivity index (χ0n) is 14.2. The van der Waals surface area contributed by atoms with Crippen LogP contribution in [0, 0.1) is 6.92 Å². The lowest BCUT2D eigenvalue weighted by molar-refractivity contribution is -0.139. The van der Waals surface area contributed by atoms with Crippen molar-refractivity contribution in [2.24, 2.45) is 0 Å². The molecule has 26 heavy (non-hydrogen) atoms. The van der Waals surface area contributed by atoms with Crippen LogP contribution in [-0.2, 0) is 22.7 Å². The minimum Gasteiger partial charge on any atom is -0.487 e. The number of aryl methyl sites for hydroxylation is 1. The molecule has 0 amide bonds. The highest BCUT2D eigenvalue weighted by Crippen LogP contribution is 2.14. The van der Waals surface area contributed by atoms with E-state index in [9.17, 15) is 4.79 Å². The van der Waals surface area contributed by atoms with Gasteiger partial charge in [0.25, 0.3) is 5.89 Å². The number of carbonyl (C=O) groups is 1. The maximum Gasteiger partial charge on any atom is 0.331 e. The van der Waals surface area contributed by atoms with Gasteiger partial charge >= 0.3 is 5.97 Å². The minimum absolute atomic E-state index is 0.0513. The minimum atomic E-state index is -0.490. The van der Waals surface area contributed by atoms with Gasteiger partial charge in [-0.3, -0.25) is 4.98 Å². The second kappa shape index (κ2) is 8.57. The van der Waals surface area contributed by atoms with E-state index in [4.69, 9.17) is 14.0 Å². The van der Waals surface area contributed by atoms with Crippen LogP contribution in [0.5, 0.6) is 5.75 Å². The summed E-state index contributed by atoms with van der Waals surface area (Å²) in [6.07, 6.45) is 4.72. The number of rotatable bonds is 7. The van der Waals surface area contributed by atoms with Crippen molar-refractivity contribution in [1.29, 1.82) is 0 Å². The summed E-state index contributed by atoms with van der Waals surface area (Å²) in [6, 6.07) is 13.0. The molecule has 0 atom stereocenters. The summed E-state index contributed by atoms with van der Waals surface area (Å²) in [6.45, 7) is 2.04. The van der Waals surface area contributed by atoms with Gasteiger partial charge in [0.1, 0.15) is 12.4 Å². The third-order valence-corrected chi connectivity index (χ3v) is 3.31. The molecule has 0 aliphatic rings. The van der Waals surface area contributed by atoms with Crippen LogP contribution in [0.25, 0.3) is 6.08 Å². The van der Waals surface area contributed by atoms with Crippen molar-refractivity contribution in [2.45, 2.75) is 20.1 Å². The van der Waals surface area contributed by atoms with Crippen LogP contribution in [0.1, 0.15) is 23.0 Å². The van der Waals surface area contributed by atoms with Crippen molar-refractivity contribution in [3.8, 4) is 5.75 Å². The number of carbonyl (C=O) groups excluding carboxylic acids is 1. The maximum atomic E-state index is 11.7. The zero-order chi connectivity index (χ0) is 18.2. The van der Waals surface area contributed by atoms with Gasteiger partial charge in [-0.05, 0) is 42.8 Å². The van der Waals surface area contributed by atoms with Crippen molar-refractivity contribution < 1.29 is 18.8 Å². The van der Waals surface area contributed by atoms with Gasteiger partial charge in [-0.15, -0.1) is 0 Å². The van der Waals surface area contributed by atoms with Gasteiger partial charge in [0.2, 0.25) is 0 Å². The molecule has 0 spiro atoms. The number of esters is 1. The summed E-state index contributed by atoms with van der Waals surface area (Å²) in [5.41, 5.74) is 1.71. The van der Waals surface area contributed by atoms with Gasteiger partial charge in [0.15, 0.2) is 12.4 Å². The third kappa shape index (κ3) is 5.27. The van der Waals surface area contributed by atoms with Gasteiger partial charge in [-0.1, -0.05) is 23.4 Å². The Morgan fingerprint density at radius 3 is 2.69 bits per heavy atom. The monoisotopic (exact) mass is 351 g/mol. The second-order valence-electron chi connectivity index (χ2n) is 5.36. The molecule has 3 aromatic rings. The Morgan fingerprint density at radius 1 is 1.15 bits per heavy atom. The lowest BCUT2D eigenvalue weighted by Gasteiger charge is -2.05. The Kier molecular flexibility index (Phi) is 5.72. The van der Waals surface area contributed by atoms with E-state index >= 15 is 0 Å². The molecule has 0 saturated carbocycles. The van der Waals surface area contributed by atoms with Gasteiger partial charge < -0.3 is 14.0 Å². The smallest absolute Gasteiger partial charge is 0.331 e. The predicted molar refractivity (Wildman–Crippen MR) is 92.9 cm³/mol. The van der Waals surface area contributed by atoms with Crippen LogP contribution in [0.2, 0.25) is 0 Å². The fraction of sp³-hybridized carbons (Fsp3) is 0.158. The highest BCUT2D eigenvalue weighted by atomic mass is 16.6. The average molecular weight is 351 g/mol. The molecule has 132 valence electrons. The van der Waals surface area contributed by atoms with Gasteiger partial charge in [-0.25, -0.2) is 4.79 Å². The van der Waals surface area contributed by atoms with E-state index in [1.807, 2.05) is 42.5 Å².